The van der Waals surface area contributed by atoms with Crippen LogP contribution in [0.15, 0.2) is 10.9 Å². The van der Waals surface area contributed by atoms with Gasteiger partial charge in [0.1, 0.15) is 5.69 Å². The van der Waals surface area contributed by atoms with Gasteiger partial charge in [0.15, 0.2) is 0 Å². The van der Waals surface area contributed by atoms with Gasteiger partial charge >= 0.3 is 0 Å². The first-order valence-electron chi connectivity index (χ1n) is 7.58. The van der Waals surface area contributed by atoms with E-state index in [-0.39, 0.29) is 5.91 Å². The first-order valence-corrected chi connectivity index (χ1v) is 10.4. The fraction of sp³-hybridized carbons (Fsp3) is 0.714. The summed E-state index contributed by atoms with van der Waals surface area (Å²) in [5, 5.41) is 1.79. The number of carbonyl (C=O) groups is 1. The van der Waals surface area contributed by atoms with Crippen LogP contribution < -0.4 is 0 Å². The van der Waals surface area contributed by atoms with Crippen molar-refractivity contribution in [3.05, 3.63) is 16.6 Å². The second-order valence-electron chi connectivity index (χ2n) is 6.17. The molecule has 0 radical (unpaired) electrons. The maximum atomic E-state index is 12.3. The van der Waals surface area contributed by atoms with Gasteiger partial charge in [0.2, 0.25) is 10.0 Å². The van der Waals surface area contributed by atoms with E-state index in [1.807, 2.05) is 4.90 Å². The van der Waals surface area contributed by atoms with Gasteiger partial charge in [-0.25, -0.2) is 17.7 Å². The molecule has 1 aromatic heterocycles. The van der Waals surface area contributed by atoms with Crippen LogP contribution in [0.2, 0.25) is 0 Å². The van der Waals surface area contributed by atoms with Gasteiger partial charge < -0.3 is 4.90 Å². The fourth-order valence-corrected chi connectivity index (χ4v) is 4.92. The maximum Gasteiger partial charge on any atom is 0.273 e. The number of hydrogen-bond acceptors (Lipinski definition) is 5. The van der Waals surface area contributed by atoms with E-state index in [0.717, 1.165) is 32.4 Å². The third-order valence-electron chi connectivity index (χ3n) is 4.80. The van der Waals surface area contributed by atoms with Gasteiger partial charge in [-0.3, -0.25) is 4.79 Å². The number of carbonyl (C=O) groups excluding carboxylic acids is 1. The Morgan fingerprint density at radius 2 is 1.91 bits per heavy atom. The van der Waals surface area contributed by atoms with Crippen LogP contribution in [-0.4, -0.2) is 60.9 Å². The Kier molecular flexibility index (Phi) is 4.52. The molecule has 0 aliphatic carbocycles. The average molecular weight is 343 g/mol. The van der Waals surface area contributed by atoms with E-state index in [4.69, 9.17) is 0 Å². The average Bonchev–Trinajstić information content (AvgIpc) is 3.17. The minimum Gasteiger partial charge on any atom is -0.337 e. The van der Waals surface area contributed by atoms with Crippen LogP contribution in [0.25, 0.3) is 0 Å². The van der Waals surface area contributed by atoms with Crippen LogP contribution in [-0.2, 0) is 10.0 Å². The lowest BCUT2D eigenvalue weighted by molar-refractivity contribution is 0.0773. The quantitative estimate of drug-likeness (QED) is 0.829. The monoisotopic (exact) mass is 343 g/mol. The van der Waals surface area contributed by atoms with Crippen LogP contribution in [0.1, 0.15) is 29.8 Å². The smallest absolute Gasteiger partial charge is 0.273 e. The summed E-state index contributed by atoms with van der Waals surface area (Å²) < 4.78 is 24.7. The van der Waals surface area contributed by atoms with Gasteiger partial charge in [-0.05, 0) is 31.1 Å². The maximum absolute atomic E-state index is 12.3. The minimum atomic E-state index is -3.06. The summed E-state index contributed by atoms with van der Waals surface area (Å²) in [7, 11) is -3.06. The standard InChI is InChI=1S/C14H21N3O3S2/c1-22(19,20)17-6-3-11(4-7-17)12-2-5-16(8-12)14(18)13-9-21-10-15-13/h9-12H,2-8H2,1H3. The van der Waals surface area contributed by atoms with Crippen molar-refractivity contribution in [3.8, 4) is 0 Å². The van der Waals surface area contributed by atoms with E-state index in [0.29, 0.717) is 30.6 Å². The van der Waals surface area contributed by atoms with Crippen molar-refractivity contribution in [2.75, 3.05) is 32.4 Å². The van der Waals surface area contributed by atoms with Crippen molar-refractivity contribution in [2.45, 2.75) is 19.3 Å². The van der Waals surface area contributed by atoms with Crippen molar-refractivity contribution >= 4 is 27.3 Å². The Bertz CT molecular complexity index is 622. The largest absolute Gasteiger partial charge is 0.337 e. The lowest BCUT2D eigenvalue weighted by Gasteiger charge is -2.33. The molecular formula is C14H21N3O3S2. The molecule has 6 nitrogen and oxygen atoms in total. The summed E-state index contributed by atoms with van der Waals surface area (Å²) in [6.45, 7) is 2.79. The molecule has 0 spiro atoms. The summed E-state index contributed by atoms with van der Waals surface area (Å²) >= 11 is 1.44. The molecule has 0 N–H and O–H groups in total. The molecule has 2 fully saturated rings. The van der Waals surface area contributed by atoms with E-state index < -0.39 is 10.0 Å². The molecule has 1 aromatic rings. The van der Waals surface area contributed by atoms with Crippen molar-refractivity contribution < 1.29 is 13.2 Å². The predicted octanol–water partition coefficient (Wildman–Crippen LogP) is 1.28. The topological polar surface area (TPSA) is 70.6 Å². The number of rotatable bonds is 3. The SMILES string of the molecule is CS(=O)(=O)N1CCC(C2CCN(C(=O)c3cscn3)C2)CC1. The number of likely N-dealkylation sites (tertiary alicyclic amines) is 1. The van der Waals surface area contributed by atoms with Gasteiger partial charge in [-0.1, -0.05) is 0 Å². The van der Waals surface area contributed by atoms with Gasteiger partial charge in [-0.2, -0.15) is 0 Å². The van der Waals surface area contributed by atoms with E-state index in [1.165, 1.54) is 17.6 Å². The molecule has 0 aromatic carbocycles. The number of nitrogens with zero attached hydrogens (tertiary/aromatic N) is 3. The van der Waals surface area contributed by atoms with Crippen LogP contribution in [0.4, 0.5) is 0 Å². The highest BCUT2D eigenvalue weighted by Crippen LogP contribution is 2.32. The summed E-state index contributed by atoms with van der Waals surface area (Å²) in [4.78, 5) is 18.3. The molecule has 3 rings (SSSR count). The Morgan fingerprint density at radius 1 is 1.23 bits per heavy atom. The zero-order chi connectivity index (χ0) is 15.7. The molecule has 8 heteroatoms. The Labute approximate surface area is 135 Å². The highest BCUT2D eigenvalue weighted by atomic mass is 32.2. The lowest BCUT2D eigenvalue weighted by Crippen LogP contribution is -2.40. The van der Waals surface area contributed by atoms with E-state index in [2.05, 4.69) is 4.98 Å². The van der Waals surface area contributed by atoms with E-state index in [9.17, 15) is 13.2 Å². The zero-order valence-electron chi connectivity index (χ0n) is 12.6. The Hall–Kier alpha value is -0.990. The lowest BCUT2D eigenvalue weighted by atomic mass is 9.84. The molecule has 1 atom stereocenters. The van der Waals surface area contributed by atoms with Crippen LogP contribution in [0.5, 0.6) is 0 Å². The number of sulfonamides is 1. The summed E-state index contributed by atoms with van der Waals surface area (Å²) in [5.41, 5.74) is 2.22. The van der Waals surface area contributed by atoms with Crippen LogP contribution in [0, 0.1) is 11.8 Å². The van der Waals surface area contributed by atoms with Gasteiger partial charge in [0.05, 0.1) is 11.8 Å². The number of hydrogen-bond donors (Lipinski definition) is 0. The Balaban J connectivity index is 1.55. The number of piperidine rings is 1. The molecule has 2 aliphatic heterocycles. The zero-order valence-corrected chi connectivity index (χ0v) is 14.3. The fourth-order valence-electron chi connectivity index (χ4n) is 3.52. The van der Waals surface area contributed by atoms with Crippen molar-refractivity contribution in [1.29, 1.82) is 0 Å². The van der Waals surface area contributed by atoms with Crippen LogP contribution in [0.3, 0.4) is 0 Å². The first kappa shape index (κ1) is 15.9. The molecule has 3 heterocycles. The predicted molar refractivity (Wildman–Crippen MR) is 85.3 cm³/mol. The Morgan fingerprint density at radius 3 is 2.50 bits per heavy atom. The van der Waals surface area contributed by atoms with E-state index >= 15 is 0 Å². The normalized spacial score (nSPS) is 24.8. The van der Waals surface area contributed by atoms with Gasteiger partial charge in [-0.15, -0.1) is 11.3 Å². The molecule has 2 saturated heterocycles. The second-order valence-corrected chi connectivity index (χ2v) is 8.87. The van der Waals surface area contributed by atoms with Crippen molar-refractivity contribution in [3.63, 3.8) is 0 Å². The summed E-state index contributed by atoms with van der Waals surface area (Å²) in [6.07, 6.45) is 4.09. The minimum absolute atomic E-state index is 0.0253. The third kappa shape index (κ3) is 3.33. The molecule has 0 saturated carbocycles. The van der Waals surface area contributed by atoms with Gasteiger partial charge in [0, 0.05) is 31.6 Å². The molecular weight excluding hydrogens is 322 g/mol. The number of thiazole rings is 1. The van der Waals surface area contributed by atoms with Crippen molar-refractivity contribution in [2.24, 2.45) is 11.8 Å². The van der Waals surface area contributed by atoms with Crippen molar-refractivity contribution in [1.82, 2.24) is 14.2 Å². The number of amides is 1. The molecule has 122 valence electrons. The van der Waals surface area contributed by atoms with Crippen LogP contribution >= 0.6 is 11.3 Å². The first-order chi connectivity index (χ1) is 10.4. The summed E-state index contributed by atoms with van der Waals surface area (Å²) in [6, 6.07) is 0. The molecule has 0 bridgehead atoms. The third-order valence-corrected chi connectivity index (χ3v) is 6.69. The molecule has 22 heavy (non-hydrogen) atoms. The highest BCUT2D eigenvalue weighted by molar-refractivity contribution is 7.88. The molecule has 2 aliphatic rings. The number of aromatic nitrogens is 1. The molecule has 1 unspecified atom stereocenters. The molecule has 1 amide bonds. The highest BCUT2D eigenvalue weighted by Gasteiger charge is 2.35. The summed E-state index contributed by atoms with van der Waals surface area (Å²) in [5.74, 6) is 1.04. The van der Waals surface area contributed by atoms with E-state index in [1.54, 1.807) is 15.2 Å². The second kappa shape index (κ2) is 6.25. The van der Waals surface area contributed by atoms with Gasteiger partial charge in [0.25, 0.3) is 5.91 Å².